The number of aryl methyl sites for hydroxylation is 2. The van der Waals surface area contributed by atoms with Crippen LogP contribution in [0.15, 0.2) is 30.6 Å². The first kappa shape index (κ1) is 15.2. The Morgan fingerprint density at radius 3 is 2.73 bits per heavy atom. The summed E-state index contributed by atoms with van der Waals surface area (Å²) >= 11 is 0. The molecular weight excluding hydrogens is 272 g/mol. The fourth-order valence-corrected chi connectivity index (χ4v) is 3.44. The van der Waals surface area contributed by atoms with Crippen molar-refractivity contribution in [1.29, 1.82) is 0 Å². The lowest BCUT2D eigenvalue weighted by Gasteiger charge is -2.36. The molecule has 0 spiro atoms. The first-order valence-electron chi connectivity index (χ1n) is 8.36. The maximum atomic E-state index is 4.64. The summed E-state index contributed by atoms with van der Waals surface area (Å²) in [4.78, 5) is 6.75. The first-order valence-corrected chi connectivity index (χ1v) is 8.36. The zero-order valence-electron chi connectivity index (χ0n) is 13.7. The van der Waals surface area contributed by atoms with Crippen LogP contribution in [0.2, 0.25) is 0 Å². The van der Waals surface area contributed by atoms with Gasteiger partial charge in [0, 0.05) is 30.7 Å². The highest BCUT2D eigenvalue weighted by atomic mass is 15.3. The molecule has 0 bridgehead atoms. The van der Waals surface area contributed by atoms with Crippen LogP contribution in [0, 0.1) is 13.8 Å². The maximum Gasteiger partial charge on any atom is 0.0596 e. The second-order valence-corrected chi connectivity index (χ2v) is 6.40. The topological polar surface area (TPSA) is 34.0 Å². The maximum absolute atomic E-state index is 4.64. The van der Waals surface area contributed by atoms with Gasteiger partial charge in [0.2, 0.25) is 0 Å². The van der Waals surface area contributed by atoms with E-state index in [0.717, 1.165) is 25.2 Å². The van der Waals surface area contributed by atoms with E-state index in [1.165, 1.54) is 37.1 Å². The fourth-order valence-electron chi connectivity index (χ4n) is 3.44. The molecule has 1 fully saturated rings. The molecule has 1 saturated heterocycles. The molecule has 3 rings (SSSR count). The predicted molar refractivity (Wildman–Crippen MR) is 88.9 cm³/mol. The molecule has 118 valence electrons. The van der Waals surface area contributed by atoms with E-state index in [-0.39, 0.29) is 0 Å². The molecule has 4 nitrogen and oxygen atoms in total. The van der Waals surface area contributed by atoms with Crippen LogP contribution in [0.5, 0.6) is 0 Å². The lowest BCUT2D eigenvalue weighted by Crippen LogP contribution is -2.43. The van der Waals surface area contributed by atoms with Gasteiger partial charge >= 0.3 is 0 Å². The van der Waals surface area contributed by atoms with Gasteiger partial charge in [-0.25, -0.2) is 0 Å². The molecule has 2 aromatic heterocycles. The van der Waals surface area contributed by atoms with Crippen molar-refractivity contribution < 1.29 is 0 Å². The summed E-state index contributed by atoms with van der Waals surface area (Å²) in [6, 6.07) is 7.04. The first-order chi connectivity index (χ1) is 10.7. The van der Waals surface area contributed by atoms with Gasteiger partial charge in [0.1, 0.15) is 0 Å². The smallest absolute Gasteiger partial charge is 0.0596 e. The highest BCUT2D eigenvalue weighted by Crippen LogP contribution is 2.19. The number of aromatic nitrogens is 3. The van der Waals surface area contributed by atoms with Crippen molar-refractivity contribution in [3.05, 3.63) is 47.5 Å². The molecule has 1 aliphatic heterocycles. The molecule has 4 heteroatoms. The van der Waals surface area contributed by atoms with E-state index in [1.807, 2.05) is 12.4 Å². The quantitative estimate of drug-likeness (QED) is 0.851. The zero-order valence-corrected chi connectivity index (χ0v) is 13.7. The average Bonchev–Trinajstić information content (AvgIpc) is 2.85. The second kappa shape index (κ2) is 7.05. The molecule has 3 heterocycles. The number of hydrogen-bond donors (Lipinski definition) is 0. The van der Waals surface area contributed by atoms with Crippen molar-refractivity contribution in [2.75, 3.05) is 13.1 Å². The zero-order chi connectivity index (χ0) is 15.4. The van der Waals surface area contributed by atoms with Crippen LogP contribution in [0.25, 0.3) is 0 Å². The molecule has 0 aliphatic carbocycles. The van der Waals surface area contributed by atoms with Crippen LogP contribution in [0.3, 0.4) is 0 Å². The van der Waals surface area contributed by atoms with Crippen molar-refractivity contribution in [2.45, 2.75) is 52.1 Å². The Hall–Kier alpha value is -1.68. The summed E-state index contributed by atoms with van der Waals surface area (Å²) in [5.41, 5.74) is 3.78. The van der Waals surface area contributed by atoms with E-state index >= 15 is 0 Å². The molecule has 22 heavy (non-hydrogen) atoms. The molecule has 0 saturated carbocycles. The second-order valence-electron chi connectivity index (χ2n) is 6.40. The Morgan fingerprint density at radius 1 is 1.18 bits per heavy atom. The van der Waals surface area contributed by atoms with E-state index in [4.69, 9.17) is 0 Å². The van der Waals surface area contributed by atoms with Crippen LogP contribution >= 0.6 is 0 Å². The van der Waals surface area contributed by atoms with Gasteiger partial charge in [0.15, 0.2) is 0 Å². The Labute approximate surface area is 133 Å². The summed E-state index contributed by atoms with van der Waals surface area (Å²) in [6.45, 7) is 7.61. The van der Waals surface area contributed by atoms with Crippen molar-refractivity contribution in [1.82, 2.24) is 19.7 Å². The molecule has 1 aliphatic rings. The summed E-state index contributed by atoms with van der Waals surface area (Å²) in [7, 11) is 0. The molecule has 1 atom stereocenters. The van der Waals surface area contributed by atoms with Crippen molar-refractivity contribution in [2.24, 2.45) is 0 Å². The lowest BCUT2D eigenvalue weighted by molar-refractivity contribution is 0.130. The minimum Gasteiger partial charge on any atom is -0.298 e. The van der Waals surface area contributed by atoms with Crippen LogP contribution in [0.4, 0.5) is 0 Å². The minimum atomic E-state index is 0.619. The van der Waals surface area contributed by atoms with E-state index in [1.54, 1.807) is 0 Å². The molecular formula is C18H26N4. The Kier molecular flexibility index (Phi) is 4.88. The van der Waals surface area contributed by atoms with Gasteiger partial charge in [-0.1, -0.05) is 6.42 Å². The Morgan fingerprint density at radius 2 is 2.00 bits per heavy atom. The fraction of sp³-hybridized carbons (Fsp3) is 0.556. The molecule has 0 radical (unpaired) electrons. The van der Waals surface area contributed by atoms with Gasteiger partial charge in [-0.3, -0.25) is 14.6 Å². The molecule has 0 N–H and O–H groups in total. The van der Waals surface area contributed by atoms with Gasteiger partial charge in [-0.05, 0) is 63.4 Å². The molecule has 2 aromatic rings. The highest BCUT2D eigenvalue weighted by molar-refractivity contribution is 5.10. The third-order valence-corrected chi connectivity index (χ3v) is 4.67. The Balaban J connectivity index is 1.62. The summed E-state index contributed by atoms with van der Waals surface area (Å²) in [6.07, 6.45) is 8.84. The monoisotopic (exact) mass is 298 g/mol. The Bertz CT molecular complexity index is 590. The van der Waals surface area contributed by atoms with E-state index in [0.29, 0.717) is 6.04 Å². The largest absolute Gasteiger partial charge is 0.298 e. The number of nitrogens with zero attached hydrogens (tertiary/aromatic N) is 4. The van der Waals surface area contributed by atoms with E-state index in [9.17, 15) is 0 Å². The third kappa shape index (κ3) is 3.74. The van der Waals surface area contributed by atoms with Gasteiger partial charge in [0.25, 0.3) is 0 Å². The predicted octanol–water partition coefficient (Wildman–Crippen LogP) is 2.99. The van der Waals surface area contributed by atoms with Crippen LogP contribution in [0.1, 0.15) is 36.2 Å². The minimum absolute atomic E-state index is 0.619. The van der Waals surface area contributed by atoms with Crippen LogP contribution in [-0.2, 0) is 13.0 Å². The summed E-state index contributed by atoms with van der Waals surface area (Å²) < 4.78 is 2.19. The van der Waals surface area contributed by atoms with Gasteiger partial charge in [0.05, 0.1) is 12.2 Å². The summed E-state index contributed by atoms with van der Waals surface area (Å²) in [5, 5.41) is 4.64. The van der Waals surface area contributed by atoms with Gasteiger partial charge in [-0.2, -0.15) is 5.10 Å². The SMILES string of the molecule is Cc1cc(C)n(C[C@H]2CCCCN2CCc2ccncc2)n1. The highest BCUT2D eigenvalue weighted by Gasteiger charge is 2.23. The van der Waals surface area contributed by atoms with E-state index < -0.39 is 0 Å². The van der Waals surface area contributed by atoms with Crippen molar-refractivity contribution in [3.63, 3.8) is 0 Å². The van der Waals surface area contributed by atoms with Gasteiger partial charge in [-0.15, -0.1) is 0 Å². The molecule has 0 aromatic carbocycles. The lowest BCUT2D eigenvalue weighted by atomic mass is 10.0. The number of hydrogen-bond acceptors (Lipinski definition) is 3. The van der Waals surface area contributed by atoms with E-state index in [2.05, 4.69) is 51.7 Å². The van der Waals surface area contributed by atoms with Crippen LogP contribution in [-0.4, -0.2) is 38.8 Å². The summed E-state index contributed by atoms with van der Waals surface area (Å²) in [5.74, 6) is 0. The normalized spacial score (nSPS) is 19.5. The van der Waals surface area contributed by atoms with Crippen molar-refractivity contribution >= 4 is 0 Å². The molecule has 0 unspecified atom stereocenters. The average molecular weight is 298 g/mol. The standard InChI is InChI=1S/C18H26N4/c1-15-13-16(2)22(20-15)14-18-5-3-4-11-21(18)12-8-17-6-9-19-10-7-17/h6-7,9-10,13,18H,3-5,8,11-12,14H2,1-2H3/t18-/m1/s1. The number of likely N-dealkylation sites (tertiary alicyclic amines) is 1. The number of rotatable bonds is 5. The third-order valence-electron chi connectivity index (χ3n) is 4.67. The molecule has 0 amide bonds. The van der Waals surface area contributed by atoms with Crippen molar-refractivity contribution in [3.8, 4) is 0 Å². The van der Waals surface area contributed by atoms with Crippen LogP contribution < -0.4 is 0 Å². The number of pyridine rings is 1. The van der Waals surface area contributed by atoms with Gasteiger partial charge < -0.3 is 0 Å². The number of piperidine rings is 1.